The molecule has 0 aliphatic rings. The van der Waals surface area contributed by atoms with Crippen molar-refractivity contribution in [2.45, 2.75) is 19.8 Å². The zero-order chi connectivity index (χ0) is 14.7. The summed E-state index contributed by atoms with van der Waals surface area (Å²) in [7, 11) is 0. The van der Waals surface area contributed by atoms with Gasteiger partial charge in [0.1, 0.15) is 5.15 Å². The SMILES string of the molecule is CC(C)c1cc(C(=O)Nc2cnccc2Cl)cc(Cl)n1. The van der Waals surface area contributed by atoms with Crippen molar-refractivity contribution in [2.24, 2.45) is 0 Å². The Balaban J connectivity index is 2.28. The average molecular weight is 310 g/mol. The van der Waals surface area contributed by atoms with E-state index in [1.807, 2.05) is 13.8 Å². The van der Waals surface area contributed by atoms with Gasteiger partial charge in [0, 0.05) is 17.5 Å². The van der Waals surface area contributed by atoms with Crippen molar-refractivity contribution in [1.82, 2.24) is 9.97 Å². The van der Waals surface area contributed by atoms with E-state index in [-0.39, 0.29) is 11.8 Å². The molecule has 2 rings (SSSR count). The van der Waals surface area contributed by atoms with Crippen molar-refractivity contribution in [1.29, 1.82) is 0 Å². The van der Waals surface area contributed by atoms with Gasteiger partial charge in [0.25, 0.3) is 5.91 Å². The Bertz CT molecular complexity index is 644. The fourth-order valence-electron chi connectivity index (χ4n) is 1.61. The lowest BCUT2D eigenvalue weighted by Crippen LogP contribution is -2.13. The summed E-state index contributed by atoms with van der Waals surface area (Å²) in [4.78, 5) is 20.3. The van der Waals surface area contributed by atoms with E-state index in [1.54, 1.807) is 18.3 Å². The first-order valence-corrected chi connectivity index (χ1v) is 6.81. The second-order valence-electron chi connectivity index (χ2n) is 4.57. The number of pyridine rings is 2. The molecule has 0 aromatic carbocycles. The minimum absolute atomic E-state index is 0.183. The minimum Gasteiger partial charge on any atom is -0.319 e. The third kappa shape index (κ3) is 3.46. The molecule has 0 aliphatic carbocycles. The van der Waals surface area contributed by atoms with Crippen LogP contribution in [0.1, 0.15) is 35.8 Å². The van der Waals surface area contributed by atoms with E-state index in [0.717, 1.165) is 5.69 Å². The number of aromatic nitrogens is 2. The van der Waals surface area contributed by atoms with Crippen molar-refractivity contribution in [2.75, 3.05) is 5.32 Å². The first kappa shape index (κ1) is 14.8. The molecular formula is C14H13Cl2N3O. The number of hydrogen-bond acceptors (Lipinski definition) is 3. The van der Waals surface area contributed by atoms with Gasteiger partial charge in [-0.05, 0) is 24.1 Å². The van der Waals surface area contributed by atoms with Crippen LogP contribution in [0.3, 0.4) is 0 Å². The van der Waals surface area contributed by atoms with Crippen molar-refractivity contribution >= 4 is 34.8 Å². The maximum atomic E-state index is 12.2. The summed E-state index contributed by atoms with van der Waals surface area (Å²) < 4.78 is 0. The molecule has 2 aromatic rings. The molecule has 0 radical (unpaired) electrons. The van der Waals surface area contributed by atoms with E-state index in [0.29, 0.717) is 21.4 Å². The van der Waals surface area contributed by atoms with Crippen molar-refractivity contribution < 1.29 is 4.79 Å². The molecule has 0 saturated heterocycles. The maximum Gasteiger partial charge on any atom is 0.255 e. The molecule has 0 fully saturated rings. The van der Waals surface area contributed by atoms with Crippen molar-refractivity contribution in [3.8, 4) is 0 Å². The van der Waals surface area contributed by atoms with E-state index < -0.39 is 0 Å². The number of rotatable bonds is 3. The van der Waals surface area contributed by atoms with E-state index >= 15 is 0 Å². The van der Waals surface area contributed by atoms with Crippen LogP contribution in [0, 0.1) is 0 Å². The first-order valence-electron chi connectivity index (χ1n) is 6.05. The number of hydrogen-bond donors (Lipinski definition) is 1. The third-order valence-electron chi connectivity index (χ3n) is 2.68. The Morgan fingerprint density at radius 2 is 2.05 bits per heavy atom. The normalized spacial score (nSPS) is 10.7. The van der Waals surface area contributed by atoms with Gasteiger partial charge in [-0.2, -0.15) is 0 Å². The van der Waals surface area contributed by atoms with Gasteiger partial charge in [-0.3, -0.25) is 9.78 Å². The molecule has 0 bridgehead atoms. The summed E-state index contributed by atoms with van der Waals surface area (Å²) in [6, 6.07) is 4.85. The summed E-state index contributed by atoms with van der Waals surface area (Å²) in [5.74, 6) is -0.117. The van der Waals surface area contributed by atoms with Gasteiger partial charge < -0.3 is 5.32 Å². The van der Waals surface area contributed by atoms with Gasteiger partial charge >= 0.3 is 0 Å². The number of amides is 1. The third-order valence-corrected chi connectivity index (χ3v) is 3.21. The summed E-state index contributed by atoms with van der Waals surface area (Å²) in [6.07, 6.45) is 3.05. The second kappa shape index (κ2) is 6.20. The van der Waals surface area contributed by atoms with Crippen LogP contribution in [-0.4, -0.2) is 15.9 Å². The predicted octanol–water partition coefficient (Wildman–Crippen LogP) is 4.16. The van der Waals surface area contributed by atoms with Gasteiger partial charge in [0.2, 0.25) is 0 Å². The first-order chi connectivity index (χ1) is 9.47. The number of nitrogens with zero attached hydrogens (tertiary/aromatic N) is 2. The highest BCUT2D eigenvalue weighted by molar-refractivity contribution is 6.34. The maximum absolute atomic E-state index is 12.2. The molecule has 0 aliphatic heterocycles. The molecule has 1 N–H and O–H groups in total. The summed E-state index contributed by atoms with van der Waals surface area (Å²) >= 11 is 11.9. The summed E-state index contributed by atoms with van der Waals surface area (Å²) in [5, 5.41) is 3.42. The van der Waals surface area contributed by atoms with Crippen molar-refractivity contribution in [3.05, 3.63) is 52.0 Å². The zero-order valence-corrected chi connectivity index (χ0v) is 12.5. The standard InChI is InChI=1S/C14H13Cl2N3O/c1-8(2)11-5-9(6-13(16)18-11)14(20)19-12-7-17-4-3-10(12)15/h3-8H,1-2H3,(H,19,20). The van der Waals surface area contributed by atoms with E-state index in [9.17, 15) is 4.79 Å². The molecule has 20 heavy (non-hydrogen) atoms. The smallest absolute Gasteiger partial charge is 0.255 e. The lowest BCUT2D eigenvalue weighted by atomic mass is 10.1. The molecule has 0 saturated carbocycles. The highest BCUT2D eigenvalue weighted by atomic mass is 35.5. The number of anilines is 1. The molecule has 2 heterocycles. The Hall–Kier alpha value is -1.65. The molecular weight excluding hydrogens is 297 g/mol. The highest BCUT2D eigenvalue weighted by Crippen LogP contribution is 2.22. The fourth-order valence-corrected chi connectivity index (χ4v) is 1.98. The topological polar surface area (TPSA) is 54.9 Å². The van der Waals surface area contributed by atoms with Crippen molar-refractivity contribution in [3.63, 3.8) is 0 Å². The summed E-state index contributed by atoms with van der Waals surface area (Å²) in [5.41, 5.74) is 1.66. The minimum atomic E-state index is -0.300. The zero-order valence-electron chi connectivity index (χ0n) is 11.0. The van der Waals surface area contributed by atoms with Crippen LogP contribution in [0.25, 0.3) is 0 Å². The van der Waals surface area contributed by atoms with Gasteiger partial charge in [0.05, 0.1) is 16.9 Å². The monoisotopic (exact) mass is 309 g/mol. The predicted molar refractivity (Wildman–Crippen MR) is 80.5 cm³/mol. The van der Waals surface area contributed by atoms with Gasteiger partial charge in [-0.25, -0.2) is 4.98 Å². The highest BCUT2D eigenvalue weighted by Gasteiger charge is 2.12. The fraction of sp³-hybridized carbons (Fsp3) is 0.214. The van der Waals surface area contributed by atoms with Gasteiger partial charge in [-0.1, -0.05) is 37.0 Å². The lowest BCUT2D eigenvalue weighted by Gasteiger charge is -2.10. The molecule has 0 spiro atoms. The molecule has 1 amide bonds. The van der Waals surface area contributed by atoms with Crippen LogP contribution in [0.15, 0.2) is 30.6 Å². The molecule has 104 valence electrons. The number of carbonyl (C=O) groups excluding carboxylic acids is 1. The van der Waals surface area contributed by atoms with Crippen LogP contribution in [0.5, 0.6) is 0 Å². The van der Waals surface area contributed by atoms with Crippen LogP contribution < -0.4 is 5.32 Å². The Labute approximate surface area is 127 Å². The summed E-state index contributed by atoms with van der Waals surface area (Å²) in [6.45, 7) is 3.97. The van der Waals surface area contributed by atoms with E-state index in [2.05, 4.69) is 15.3 Å². The van der Waals surface area contributed by atoms with Crippen LogP contribution in [0.4, 0.5) is 5.69 Å². The van der Waals surface area contributed by atoms with Crippen LogP contribution in [0.2, 0.25) is 10.2 Å². The average Bonchev–Trinajstić information content (AvgIpc) is 2.40. The molecule has 0 atom stereocenters. The van der Waals surface area contributed by atoms with E-state index in [4.69, 9.17) is 23.2 Å². The number of nitrogens with one attached hydrogen (secondary N) is 1. The largest absolute Gasteiger partial charge is 0.319 e. The Kier molecular flexibility index (Phi) is 4.57. The Morgan fingerprint density at radius 3 is 2.70 bits per heavy atom. The van der Waals surface area contributed by atoms with Crippen LogP contribution >= 0.6 is 23.2 Å². The lowest BCUT2D eigenvalue weighted by molar-refractivity contribution is 0.102. The second-order valence-corrected chi connectivity index (χ2v) is 5.36. The molecule has 4 nitrogen and oxygen atoms in total. The number of carbonyl (C=O) groups is 1. The van der Waals surface area contributed by atoms with Gasteiger partial charge in [-0.15, -0.1) is 0 Å². The molecule has 6 heteroatoms. The van der Waals surface area contributed by atoms with Gasteiger partial charge in [0.15, 0.2) is 0 Å². The van der Waals surface area contributed by atoms with E-state index in [1.165, 1.54) is 12.3 Å². The molecule has 0 unspecified atom stereocenters. The Morgan fingerprint density at radius 1 is 1.30 bits per heavy atom. The molecule has 2 aromatic heterocycles. The quantitative estimate of drug-likeness (QED) is 0.866. The number of halogens is 2. The van der Waals surface area contributed by atoms with Crippen LogP contribution in [-0.2, 0) is 0 Å².